The Labute approximate surface area is 114 Å². The molecular weight excluding hydrogens is 236 g/mol. The fourth-order valence-corrected chi connectivity index (χ4v) is 2.17. The van der Waals surface area contributed by atoms with E-state index in [1.54, 1.807) is 12.1 Å². The standard InChI is InChI=1S/C16H20N2O/c1-18(11-13-6-8-16(19)9-7-13)12-15-5-3-2-4-14(15)10-17/h2-9,19H,10-12,17H2,1H3. The average Bonchev–Trinajstić information content (AvgIpc) is 2.42. The maximum Gasteiger partial charge on any atom is 0.115 e. The molecule has 2 aromatic rings. The summed E-state index contributed by atoms with van der Waals surface area (Å²) in [6.07, 6.45) is 0. The number of nitrogens with zero attached hydrogens (tertiary/aromatic N) is 1. The van der Waals surface area contributed by atoms with E-state index in [1.165, 1.54) is 16.7 Å². The van der Waals surface area contributed by atoms with Crippen LogP contribution in [0.3, 0.4) is 0 Å². The predicted molar refractivity (Wildman–Crippen MR) is 77.6 cm³/mol. The summed E-state index contributed by atoms with van der Waals surface area (Å²) in [6.45, 7) is 2.29. The second-order valence-corrected chi connectivity index (χ2v) is 4.81. The quantitative estimate of drug-likeness (QED) is 0.864. The minimum Gasteiger partial charge on any atom is -0.508 e. The first-order valence-electron chi connectivity index (χ1n) is 6.42. The summed E-state index contributed by atoms with van der Waals surface area (Å²) in [5, 5.41) is 9.27. The van der Waals surface area contributed by atoms with Gasteiger partial charge in [-0.3, -0.25) is 4.90 Å². The van der Waals surface area contributed by atoms with Crippen LogP contribution >= 0.6 is 0 Å². The number of hydrogen-bond donors (Lipinski definition) is 2. The van der Waals surface area contributed by atoms with Crippen molar-refractivity contribution in [2.45, 2.75) is 19.6 Å². The molecule has 0 aromatic heterocycles. The van der Waals surface area contributed by atoms with E-state index in [0.717, 1.165) is 13.1 Å². The first-order chi connectivity index (χ1) is 9.19. The van der Waals surface area contributed by atoms with E-state index in [-0.39, 0.29) is 0 Å². The highest BCUT2D eigenvalue weighted by Gasteiger charge is 2.05. The van der Waals surface area contributed by atoms with Crippen LogP contribution in [0.25, 0.3) is 0 Å². The van der Waals surface area contributed by atoms with Crippen molar-refractivity contribution in [2.75, 3.05) is 7.05 Å². The molecule has 0 saturated heterocycles. The predicted octanol–water partition coefficient (Wildman–Crippen LogP) is 2.48. The highest BCUT2D eigenvalue weighted by molar-refractivity contribution is 5.28. The van der Waals surface area contributed by atoms with Crippen LogP contribution in [0.1, 0.15) is 16.7 Å². The summed E-state index contributed by atoms with van der Waals surface area (Å²) in [6, 6.07) is 15.6. The zero-order valence-corrected chi connectivity index (χ0v) is 11.2. The molecule has 0 amide bonds. The maximum atomic E-state index is 9.27. The van der Waals surface area contributed by atoms with Crippen LogP contribution in [0.4, 0.5) is 0 Å². The highest BCUT2D eigenvalue weighted by Crippen LogP contribution is 2.14. The second kappa shape index (κ2) is 6.36. The lowest BCUT2D eigenvalue weighted by molar-refractivity contribution is 0.318. The summed E-state index contributed by atoms with van der Waals surface area (Å²) in [5.74, 6) is 0.305. The molecule has 0 atom stereocenters. The molecule has 0 spiro atoms. The third kappa shape index (κ3) is 3.81. The van der Waals surface area contributed by atoms with Gasteiger partial charge in [-0.05, 0) is 35.9 Å². The van der Waals surface area contributed by atoms with E-state index in [0.29, 0.717) is 12.3 Å². The SMILES string of the molecule is CN(Cc1ccc(O)cc1)Cc1ccccc1CN. The highest BCUT2D eigenvalue weighted by atomic mass is 16.3. The molecule has 0 bridgehead atoms. The van der Waals surface area contributed by atoms with E-state index in [4.69, 9.17) is 5.73 Å². The molecule has 0 saturated carbocycles. The molecule has 0 fully saturated rings. The summed E-state index contributed by atoms with van der Waals surface area (Å²) >= 11 is 0. The van der Waals surface area contributed by atoms with Crippen molar-refractivity contribution >= 4 is 0 Å². The van der Waals surface area contributed by atoms with Gasteiger partial charge in [0.1, 0.15) is 5.75 Å². The Balaban J connectivity index is 2.01. The maximum absolute atomic E-state index is 9.27. The van der Waals surface area contributed by atoms with Crippen LogP contribution < -0.4 is 5.73 Å². The molecule has 0 unspecified atom stereocenters. The summed E-state index contributed by atoms with van der Waals surface area (Å²) in [5.41, 5.74) is 9.40. The molecule has 3 nitrogen and oxygen atoms in total. The van der Waals surface area contributed by atoms with Crippen molar-refractivity contribution in [3.8, 4) is 5.75 Å². The minimum atomic E-state index is 0.305. The Morgan fingerprint density at radius 2 is 1.58 bits per heavy atom. The zero-order chi connectivity index (χ0) is 13.7. The van der Waals surface area contributed by atoms with Gasteiger partial charge in [-0.25, -0.2) is 0 Å². The molecule has 19 heavy (non-hydrogen) atoms. The molecule has 0 aliphatic rings. The molecule has 100 valence electrons. The normalized spacial score (nSPS) is 10.9. The Kier molecular flexibility index (Phi) is 4.55. The number of benzene rings is 2. The summed E-state index contributed by atoms with van der Waals surface area (Å²) in [7, 11) is 2.08. The number of phenolic OH excluding ortho intramolecular Hbond substituents is 1. The lowest BCUT2D eigenvalue weighted by Gasteiger charge is -2.18. The summed E-state index contributed by atoms with van der Waals surface area (Å²) in [4.78, 5) is 2.24. The zero-order valence-electron chi connectivity index (χ0n) is 11.2. The van der Waals surface area contributed by atoms with Crippen molar-refractivity contribution < 1.29 is 5.11 Å². The van der Waals surface area contributed by atoms with Gasteiger partial charge in [0, 0.05) is 19.6 Å². The third-order valence-electron chi connectivity index (χ3n) is 3.17. The van der Waals surface area contributed by atoms with Gasteiger partial charge in [-0.15, -0.1) is 0 Å². The number of aromatic hydroxyl groups is 1. The van der Waals surface area contributed by atoms with Gasteiger partial charge in [-0.1, -0.05) is 36.4 Å². The molecule has 2 rings (SSSR count). The van der Waals surface area contributed by atoms with Crippen LogP contribution in [0.15, 0.2) is 48.5 Å². The molecule has 0 radical (unpaired) electrons. The van der Waals surface area contributed by atoms with Gasteiger partial charge >= 0.3 is 0 Å². The first kappa shape index (κ1) is 13.6. The summed E-state index contributed by atoms with van der Waals surface area (Å²) < 4.78 is 0. The Morgan fingerprint density at radius 3 is 2.21 bits per heavy atom. The van der Waals surface area contributed by atoms with Crippen molar-refractivity contribution in [1.82, 2.24) is 4.90 Å². The smallest absolute Gasteiger partial charge is 0.115 e. The van der Waals surface area contributed by atoms with Crippen LogP contribution in [-0.2, 0) is 19.6 Å². The molecule has 0 aliphatic heterocycles. The van der Waals surface area contributed by atoms with Gasteiger partial charge in [-0.2, -0.15) is 0 Å². The number of rotatable bonds is 5. The van der Waals surface area contributed by atoms with E-state index < -0.39 is 0 Å². The molecule has 3 heteroatoms. The second-order valence-electron chi connectivity index (χ2n) is 4.81. The lowest BCUT2D eigenvalue weighted by Crippen LogP contribution is -2.18. The topological polar surface area (TPSA) is 49.5 Å². The minimum absolute atomic E-state index is 0.305. The fraction of sp³-hybridized carbons (Fsp3) is 0.250. The largest absolute Gasteiger partial charge is 0.508 e. The number of nitrogens with two attached hydrogens (primary N) is 1. The van der Waals surface area contributed by atoms with Crippen molar-refractivity contribution in [3.05, 3.63) is 65.2 Å². The van der Waals surface area contributed by atoms with E-state index >= 15 is 0 Å². The third-order valence-corrected chi connectivity index (χ3v) is 3.17. The molecular formula is C16H20N2O. The van der Waals surface area contributed by atoms with Gasteiger partial charge in [0.25, 0.3) is 0 Å². The molecule has 0 aliphatic carbocycles. The monoisotopic (exact) mass is 256 g/mol. The van der Waals surface area contributed by atoms with E-state index in [1.807, 2.05) is 24.3 Å². The van der Waals surface area contributed by atoms with Gasteiger partial charge in [0.15, 0.2) is 0 Å². The lowest BCUT2D eigenvalue weighted by atomic mass is 10.1. The van der Waals surface area contributed by atoms with Gasteiger partial charge in [0.2, 0.25) is 0 Å². The van der Waals surface area contributed by atoms with Crippen LogP contribution in [0, 0.1) is 0 Å². The van der Waals surface area contributed by atoms with E-state index in [2.05, 4.69) is 24.1 Å². The van der Waals surface area contributed by atoms with Crippen molar-refractivity contribution in [2.24, 2.45) is 5.73 Å². The fourth-order valence-electron chi connectivity index (χ4n) is 2.17. The Morgan fingerprint density at radius 1 is 0.947 bits per heavy atom. The van der Waals surface area contributed by atoms with Crippen LogP contribution in [-0.4, -0.2) is 17.1 Å². The van der Waals surface area contributed by atoms with Crippen LogP contribution in [0.5, 0.6) is 5.75 Å². The van der Waals surface area contributed by atoms with E-state index in [9.17, 15) is 5.11 Å². The molecule has 0 heterocycles. The average molecular weight is 256 g/mol. The molecule has 3 N–H and O–H groups in total. The number of hydrogen-bond acceptors (Lipinski definition) is 3. The van der Waals surface area contributed by atoms with Crippen molar-refractivity contribution in [1.29, 1.82) is 0 Å². The Bertz CT molecular complexity index is 523. The number of phenols is 1. The Hall–Kier alpha value is -1.84. The van der Waals surface area contributed by atoms with Crippen molar-refractivity contribution in [3.63, 3.8) is 0 Å². The molecule has 2 aromatic carbocycles. The first-order valence-corrected chi connectivity index (χ1v) is 6.42. The van der Waals surface area contributed by atoms with Crippen LogP contribution in [0.2, 0.25) is 0 Å². The van der Waals surface area contributed by atoms with Gasteiger partial charge < -0.3 is 10.8 Å². The van der Waals surface area contributed by atoms with Gasteiger partial charge in [0.05, 0.1) is 0 Å².